The fourth-order valence-corrected chi connectivity index (χ4v) is 10.4. The van der Waals surface area contributed by atoms with Gasteiger partial charge in [-0.3, -0.25) is 0 Å². The van der Waals surface area contributed by atoms with Gasteiger partial charge in [-0.2, -0.15) is 0 Å². The first-order chi connectivity index (χ1) is 26.3. The molecule has 0 radical (unpaired) electrons. The third kappa shape index (κ3) is 3.83. The average Bonchev–Trinajstić information content (AvgIpc) is 3.75. The van der Waals surface area contributed by atoms with E-state index in [-0.39, 0.29) is 0 Å². The summed E-state index contributed by atoms with van der Waals surface area (Å²) in [5, 5.41) is 5.01. The first kappa shape index (κ1) is 29.0. The maximum Gasteiger partial charge on any atom is 0.134 e. The SMILES string of the molecule is c1ccc(N2c3ccccc3C3(c4ccccc4Oc4cc5c(cc43)c3ccccc3n5-c3ccc4sc5ccccc5c4c3)c3ccccc32)cc1. The molecule has 1 spiro atoms. The zero-order valence-electron chi connectivity index (χ0n) is 28.5. The molecule has 4 heterocycles. The normalized spacial score (nSPS) is 13.9. The predicted molar refractivity (Wildman–Crippen MR) is 220 cm³/mol. The largest absolute Gasteiger partial charge is 0.457 e. The van der Waals surface area contributed by atoms with Gasteiger partial charge in [-0.1, -0.05) is 109 Å². The number of fused-ring (bicyclic) bond motifs is 14. The number of rotatable bonds is 2. The fraction of sp³-hybridized carbons (Fsp3) is 0.0204. The van der Waals surface area contributed by atoms with E-state index in [9.17, 15) is 0 Å². The Morgan fingerprint density at radius 3 is 1.85 bits per heavy atom. The molecule has 248 valence electrons. The first-order valence-corrected chi connectivity index (χ1v) is 18.9. The number of hydrogen-bond donors (Lipinski definition) is 0. The second-order valence-corrected chi connectivity index (χ2v) is 15.1. The minimum Gasteiger partial charge on any atom is -0.457 e. The Kier molecular flexibility index (Phi) is 5.86. The monoisotopic (exact) mass is 694 g/mol. The third-order valence-corrected chi connectivity index (χ3v) is 12.6. The molecule has 4 heteroatoms. The van der Waals surface area contributed by atoms with Gasteiger partial charge in [-0.05, 0) is 77.9 Å². The second-order valence-electron chi connectivity index (χ2n) is 14.1. The molecule has 0 atom stereocenters. The summed E-state index contributed by atoms with van der Waals surface area (Å²) in [4.78, 5) is 2.42. The summed E-state index contributed by atoms with van der Waals surface area (Å²) in [6.45, 7) is 0. The van der Waals surface area contributed by atoms with Crippen molar-refractivity contribution in [3.8, 4) is 17.2 Å². The van der Waals surface area contributed by atoms with Crippen molar-refractivity contribution in [2.45, 2.75) is 5.41 Å². The van der Waals surface area contributed by atoms with Crippen LogP contribution >= 0.6 is 11.3 Å². The van der Waals surface area contributed by atoms with Gasteiger partial charge in [0.1, 0.15) is 11.5 Å². The molecule has 10 aromatic rings. The molecule has 0 saturated carbocycles. The Labute approximate surface area is 310 Å². The smallest absolute Gasteiger partial charge is 0.134 e. The topological polar surface area (TPSA) is 17.4 Å². The van der Waals surface area contributed by atoms with Crippen LogP contribution in [0, 0.1) is 0 Å². The van der Waals surface area contributed by atoms with E-state index in [1.165, 1.54) is 59.0 Å². The van der Waals surface area contributed by atoms with E-state index >= 15 is 0 Å². The average molecular weight is 695 g/mol. The summed E-state index contributed by atoms with van der Waals surface area (Å²) < 4.78 is 12.1. The van der Waals surface area contributed by atoms with E-state index < -0.39 is 5.41 Å². The summed E-state index contributed by atoms with van der Waals surface area (Å²) in [6.07, 6.45) is 0. The van der Waals surface area contributed by atoms with Gasteiger partial charge >= 0.3 is 0 Å². The minimum atomic E-state index is -0.630. The van der Waals surface area contributed by atoms with Crippen LogP contribution in [0.15, 0.2) is 182 Å². The molecule has 0 aliphatic carbocycles. The van der Waals surface area contributed by atoms with Crippen LogP contribution in [0.3, 0.4) is 0 Å². The van der Waals surface area contributed by atoms with E-state index in [0.29, 0.717) is 0 Å². The molecule has 53 heavy (non-hydrogen) atoms. The summed E-state index contributed by atoms with van der Waals surface area (Å²) in [7, 11) is 0. The van der Waals surface area contributed by atoms with Gasteiger partial charge in [0.25, 0.3) is 0 Å². The van der Waals surface area contributed by atoms with Crippen molar-refractivity contribution in [1.29, 1.82) is 0 Å². The fourth-order valence-electron chi connectivity index (χ4n) is 9.32. The number of para-hydroxylation sites is 5. The summed E-state index contributed by atoms with van der Waals surface area (Å²) in [6, 6.07) is 66.4. The highest BCUT2D eigenvalue weighted by molar-refractivity contribution is 7.25. The summed E-state index contributed by atoms with van der Waals surface area (Å²) in [5.74, 6) is 1.76. The maximum atomic E-state index is 7.03. The van der Waals surface area contributed by atoms with Crippen LogP contribution in [-0.2, 0) is 5.41 Å². The van der Waals surface area contributed by atoms with E-state index in [1.807, 2.05) is 11.3 Å². The van der Waals surface area contributed by atoms with Crippen LogP contribution in [-0.4, -0.2) is 4.57 Å². The minimum absolute atomic E-state index is 0.630. The highest BCUT2D eigenvalue weighted by Crippen LogP contribution is 2.63. The molecular formula is C49H30N2OS. The van der Waals surface area contributed by atoms with E-state index in [0.717, 1.165) is 39.5 Å². The summed E-state index contributed by atoms with van der Waals surface area (Å²) >= 11 is 1.85. The molecule has 3 nitrogen and oxygen atoms in total. The maximum absolute atomic E-state index is 7.03. The quantitative estimate of drug-likeness (QED) is 0.179. The van der Waals surface area contributed by atoms with Crippen molar-refractivity contribution >= 4 is 70.4 Å². The number of nitrogens with zero attached hydrogens (tertiary/aromatic N) is 2. The Hall–Kier alpha value is -6.62. The van der Waals surface area contributed by atoms with Crippen molar-refractivity contribution in [2.24, 2.45) is 0 Å². The molecule has 0 amide bonds. The number of benzene rings is 8. The molecule has 2 aromatic heterocycles. The molecular weight excluding hydrogens is 665 g/mol. The molecule has 0 saturated heterocycles. The lowest BCUT2D eigenvalue weighted by Gasteiger charge is -2.48. The lowest BCUT2D eigenvalue weighted by atomic mass is 9.61. The van der Waals surface area contributed by atoms with Crippen molar-refractivity contribution in [2.75, 3.05) is 4.90 Å². The van der Waals surface area contributed by atoms with Crippen LogP contribution in [0.5, 0.6) is 11.5 Å². The van der Waals surface area contributed by atoms with Crippen LogP contribution < -0.4 is 9.64 Å². The molecule has 2 aliphatic rings. The Balaban J connectivity index is 1.20. The van der Waals surface area contributed by atoms with Crippen molar-refractivity contribution in [3.63, 3.8) is 0 Å². The molecule has 0 bridgehead atoms. The van der Waals surface area contributed by atoms with Crippen LogP contribution in [0.4, 0.5) is 17.1 Å². The van der Waals surface area contributed by atoms with Crippen molar-refractivity contribution < 1.29 is 4.74 Å². The number of hydrogen-bond acceptors (Lipinski definition) is 3. The van der Waals surface area contributed by atoms with Crippen molar-refractivity contribution in [1.82, 2.24) is 4.57 Å². The number of thiophene rings is 1. The standard InChI is InChI=1S/C49H30N2OS/c1-2-14-31(15-3-1)50-42-22-10-6-18-37(42)49(38-19-7-11-23-43(38)50)39-20-8-12-24-45(39)52-46-30-44-35(29-40(46)49)33-16-4-9-21-41(33)51(44)32-26-27-48-36(28-32)34-17-5-13-25-47(34)53-48/h1-30H. The first-order valence-electron chi connectivity index (χ1n) is 18.1. The highest BCUT2D eigenvalue weighted by Gasteiger charge is 2.51. The highest BCUT2D eigenvalue weighted by atomic mass is 32.1. The van der Waals surface area contributed by atoms with E-state index in [2.05, 4.69) is 191 Å². The second kappa shape index (κ2) is 10.7. The Morgan fingerprint density at radius 1 is 0.396 bits per heavy atom. The van der Waals surface area contributed by atoms with E-state index in [1.54, 1.807) is 0 Å². The number of ether oxygens (including phenoxy) is 1. The van der Waals surface area contributed by atoms with Gasteiger partial charge < -0.3 is 14.2 Å². The van der Waals surface area contributed by atoms with Crippen LogP contribution in [0.1, 0.15) is 22.3 Å². The Bertz CT molecular complexity index is 3070. The lowest BCUT2D eigenvalue weighted by Crippen LogP contribution is -2.39. The molecule has 12 rings (SSSR count). The van der Waals surface area contributed by atoms with Gasteiger partial charge in [0.05, 0.1) is 27.8 Å². The Morgan fingerprint density at radius 2 is 1.04 bits per heavy atom. The molecule has 2 aliphatic heterocycles. The zero-order valence-corrected chi connectivity index (χ0v) is 29.3. The lowest BCUT2D eigenvalue weighted by molar-refractivity contribution is 0.435. The van der Waals surface area contributed by atoms with Crippen LogP contribution in [0.2, 0.25) is 0 Å². The zero-order chi connectivity index (χ0) is 34.7. The van der Waals surface area contributed by atoms with Gasteiger partial charge in [-0.15, -0.1) is 11.3 Å². The molecule has 0 N–H and O–H groups in total. The van der Waals surface area contributed by atoms with Gasteiger partial charge in [-0.25, -0.2) is 0 Å². The van der Waals surface area contributed by atoms with Gasteiger partial charge in [0, 0.05) is 59.5 Å². The molecule has 0 unspecified atom stereocenters. The van der Waals surface area contributed by atoms with E-state index in [4.69, 9.17) is 4.74 Å². The van der Waals surface area contributed by atoms with Crippen molar-refractivity contribution in [3.05, 3.63) is 204 Å². The van der Waals surface area contributed by atoms with Crippen LogP contribution in [0.25, 0.3) is 47.7 Å². The predicted octanol–water partition coefficient (Wildman–Crippen LogP) is 13.4. The third-order valence-electron chi connectivity index (χ3n) is 11.4. The summed E-state index contributed by atoms with van der Waals surface area (Å²) in [5.41, 5.74) is 11.1. The molecule has 8 aromatic carbocycles. The van der Waals surface area contributed by atoms with Gasteiger partial charge in [0.15, 0.2) is 0 Å². The number of aromatic nitrogens is 1. The molecule has 0 fully saturated rings. The number of anilines is 3. The van der Waals surface area contributed by atoms with Gasteiger partial charge in [0.2, 0.25) is 0 Å².